The summed E-state index contributed by atoms with van der Waals surface area (Å²) in [6.07, 6.45) is 2.01. The third-order valence-electron chi connectivity index (χ3n) is 4.72. The highest BCUT2D eigenvalue weighted by molar-refractivity contribution is 7.98. The van der Waals surface area contributed by atoms with E-state index in [0.29, 0.717) is 5.92 Å². The van der Waals surface area contributed by atoms with Gasteiger partial charge in [0.25, 0.3) is 5.91 Å². The van der Waals surface area contributed by atoms with E-state index in [0.717, 1.165) is 52.8 Å². The first-order valence-electron chi connectivity index (χ1n) is 8.71. The van der Waals surface area contributed by atoms with Crippen LogP contribution in [0.1, 0.15) is 40.8 Å². The van der Waals surface area contributed by atoms with Gasteiger partial charge in [-0.3, -0.25) is 4.79 Å². The number of thioether (sulfide) groups is 1. The lowest BCUT2D eigenvalue weighted by molar-refractivity contribution is 0.0681. The van der Waals surface area contributed by atoms with Crippen molar-refractivity contribution < 1.29 is 4.79 Å². The topological polar surface area (TPSA) is 59.2 Å². The van der Waals surface area contributed by atoms with Gasteiger partial charge in [-0.1, -0.05) is 0 Å². The van der Waals surface area contributed by atoms with Crippen LogP contribution in [0.15, 0.2) is 34.5 Å². The number of rotatable bonds is 5. The monoisotopic (exact) mass is 375 g/mol. The van der Waals surface area contributed by atoms with Gasteiger partial charge in [0, 0.05) is 40.7 Å². The highest BCUT2D eigenvalue weighted by Crippen LogP contribution is 2.25. The molecule has 1 aliphatic rings. The van der Waals surface area contributed by atoms with E-state index in [4.69, 9.17) is 5.73 Å². The molecule has 0 spiro atoms. The summed E-state index contributed by atoms with van der Waals surface area (Å²) >= 11 is 3.43. The fourth-order valence-electron chi connectivity index (χ4n) is 3.14. The summed E-state index contributed by atoms with van der Waals surface area (Å²) in [7, 11) is 0. The molecule has 0 aliphatic carbocycles. The Labute approximate surface area is 157 Å². The summed E-state index contributed by atoms with van der Waals surface area (Å²) < 4.78 is 0. The maximum Gasteiger partial charge on any atom is 0.253 e. The van der Waals surface area contributed by atoms with E-state index >= 15 is 0 Å². The van der Waals surface area contributed by atoms with Crippen LogP contribution in [0.4, 0.5) is 0 Å². The van der Waals surface area contributed by atoms with Crippen LogP contribution in [0.2, 0.25) is 0 Å². The van der Waals surface area contributed by atoms with E-state index in [9.17, 15) is 4.79 Å². The van der Waals surface area contributed by atoms with E-state index in [2.05, 4.69) is 17.3 Å². The SMILES string of the molecule is Cc1nc(CSc2ccc(C(=O)N3CCC(C(C)N)CC3)cc2)cs1. The van der Waals surface area contributed by atoms with Crippen molar-refractivity contribution in [2.24, 2.45) is 11.7 Å². The normalized spacial score (nSPS) is 16.8. The van der Waals surface area contributed by atoms with Crippen LogP contribution < -0.4 is 5.73 Å². The van der Waals surface area contributed by atoms with Crippen molar-refractivity contribution in [3.05, 3.63) is 45.9 Å². The molecular formula is C19H25N3OS2. The van der Waals surface area contributed by atoms with Gasteiger partial charge in [0.2, 0.25) is 0 Å². The Kier molecular flexibility index (Phi) is 6.15. The molecule has 1 atom stereocenters. The Hall–Kier alpha value is -1.37. The molecule has 0 saturated carbocycles. The number of benzene rings is 1. The zero-order chi connectivity index (χ0) is 17.8. The number of thiazole rings is 1. The lowest BCUT2D eigenvalue weighted by Gasteiger charge is -2.33. The highest BCUT2D eigenvalue weighted by Gasteiger charge is 2.25. The van der Waals surface area contributed by atoms with Crippen LogP contribution in [-0.2, 0) is 5.75 Å². The van der Waals surface area contributed by atoms with Gasteiger partial charge in [0.1, 0.15) is 0 Å². The van der Waals surface area contributed by atoms with E-state index in [1.54, 1.807) is 23.1 Å². The molecule has 2 N–H and O–H groups in total. The molecule has 2 aromatic rings. The number of carbonyl (C=O) groups is 1. The summed E-state index contributed by atoms with van der Waals surface area (Å²) in [6, 6.07) is 8.16. The number of carbonyl (C=O) groups excluding carboxylic acids is 1. The molecule has 1 unspecified atom stereocenters. The van der Waals surface area contributed by atoms with Gasteiger partial charge in [0.05, 0.1) is 10.7 Å². The van der Waals surface area contributed by atoms with E-state index in [1.165, 1.54) is 0 Å². The summed E-state index contributed by atoms with van der Waals surface area (Å²) in [5, 5.41) is 3.20. The third kappa shape index (κ3) is 4.84. The van der Waals surface area contributed by atoms with Crippen LogP contribution in [0.25, 0.3) is 0 Å². The first-order chi connectivity index (χ1) is 12.0. The molecule has 134 valence electrons. The molecule has 1 aromatic carbocycles. The average molecular weight is 376 g/mol. The zero-order valence-corrected chi connectivity index (χ0v) is 16.4. The van der Waals surface area contributed by atoms with E-state index in [-0.39, 0.29) is 11.9 Å². The second-order valence-electron chi connectivity index (χ2n) is 6.66. The largest absolute Gasteiger partial charge is 0.339 e. The molecule has 1 saturated heterocycles. The highest BCUT2D eigenvalue weighted by atomic mass is 32.2. The predicted octanol–water partition coefficient (Wildman–Crippen LogP) is 3.94. The lowest BCUT2D eigenvalue weighted by atomic mass is 9.90. The number of likely N-dealkylation sites (tertiary alicyclic amines) is 1. The van der Waals surface area contributed by atoms with Crippen molar-refractivity contribution in [1.29, 1.82) is 0 Å². The fourth-order valence-corrected chi connectivity index (χ4v) is 4.65. The zero-order valence-electron chi connectivity index (χ0n) is 14.8. The first-order valence-corrected chi connectivity index (χ1v) is 10.6. The van der Waals surface area contributed by atoms with Gasteiger partial charge in [-0.2, -0.15) is 0 Å². The lowest BCUT2D eigenvalue weighted by Crippen LogP contribution is -2.42. The Morgan fingerprint density at radius 2 is 2.04 bits per heavy atom. The minimum Gasteiger partial charge on any atom is -0.339 e. The quantitative estimate of drug-likeness (QED) is 0.804. The minimum atomic E-state index is 0.134. The Morgan fingerprint density at radius 1 is 1.36 bits per heavy atom. The molecule has 1 fully saturated rings. The molecule has 4 nitrogen and oxygen atoms in total. The standard InChI is InChI=1S/C19H25N3OS2/c1-13(20)15-7-9-22(10-8-15)19(23)16-3-5-18(6-4-16)25-12-17-11-24-14(2)21-17/h3-6,11,13,15H,7-10,12,20H2,1-2H3. The molecule has 3 rings (SSSR count). The van der Waals surface area contributed by atoms with Gasteiger partial charge in [-0.05, 0) is 56.9 Å². The molecule has 1 aliphatic heterocycles. The predicted molar refractivity (Wildman–Crippen MR) is 105 cm³/mol. The number of nitrogens with two attached hydrogens (primary N) is 1. The van der Waals surface area contributed by atoms with Crippen molar-refractivity contribution >= 4 is 29.0 Å². The van der Waals surface area contributed by atoms with Crippen molar-refractivity contribution in [2.75, 3.05) is 13.1 Å². The maximum absolute atomic E-state index is 12.6. The van der Waals surface area contributed by atoms with Crippen LogP contribution >= 0.6 is 23.1 Å². The van der Waals surface area contributed by atoms with Crippen LogP contribution in [-0.4, -0.2) is 34.9 Å². The summed E-state index contributed by atoms with van der Waals surface area (Å²) in [5.74, 6) is 1.54. The van der Waals surface area contributed by atoms with Gasteiger partial charge in [0.15, 0.2) is 0 Å². The Morgan fingerprint density at radius 3 is 2.60 bits per heavy atom. The molecule has 1 amide bonds. The van der Waals surface area contributed by atoms with E-state index < -0.39 is 0 Å². The fraction of sp³-hybridized carbons (Fsp3) is 0.474. The summed E-state index contributed by atoms with van der Waals surface area (Å²) in [6.45, 7) is 5.71. The van der Waals surface area contributed by atoms with E-state index in [1.807, 2.05) is 36.1 Å². The van der Waals surface area contributed by atoms with Gasteiger partial charge in [-0.25, -0.2) is 4.98 Å². The number of hydrogen-bond donors (Lipinski definition) is 1. The second kappa shape index (κ2) is 8.34. The van der Waals surface area contributed by atoms with Crippen molar-refractivity contribution in [3.8, 4) is 0 Å². The number of piperidine rings is 1. The minimum absolute atomic E-state index is 0.134. The van der Waals surface area contributed by atoms with Crippen LogP contribution in [0.3, 0.4) is 0 Å². The summed E-state index contributed by atoms with van der Waals surface area (Å²) in [5.41, 5.74) is 7.87. The van der Waals surface area contributed by atoms with Crippen molar-refractivity contribution in [1.82, 2.24) is 9.88 Å². The number of nitrogens with zero attached hydrogens (tertiary/aromatic N) is 2. The smallest absolute Gasteiger partial charge is 0.253 e. The van der Waals surface area contributed by atoms with Crippen LogP contribution in [0, 0.1) is 12.8 Å². The average Bonchev–Trinajstić information content (AvgIpc) is 3.05. The third-order valence-corrected chi connectivity index (χ3v) is 6.59. The number of amides is 1. The van der Waals surface area contributed by atoms with Crippen molar-refractivity contribution in [3.63, 3.8) is 0 Å². The first kappa shape index (κ1) is 18.4. The molecule has 1 aromatic heterocycles. The number of hydrogen-bond acceptors (Lipinski definition) is 5. The van der Waals surface area contributed by atoms with Gasteiger partial charge < -0.3 is 10.6 Å². The number of aryl methyl sites for hydroxylation is 1. The van der Waals surface area contributed by atoms with Gasteiger partial charge in [-0.15, -0.1) is 23.1 Å². The molecular weight excluding hydrogens is 350 g/mol. The molecule has 25 heavy (non-hydrogen) atoms. The molecule has 0 radical (unpaired) electrons. The second-order valence-corrected chi connectivity index (χ2v) is 8.77. The Balaban J connectivity index is 1.54. The Bertz CT molecular complexity index is 704. The van der Waals surface area contributed by atoms with Crippen molar-refractivity contribution in [2.45, 2.75) is 43.4 Å². The molecule has 0 bridgehead atoms. The van der Waals surface area contributed by atoms with Crippen LogP contribution in [0.5, 0.6) is 0 Å². The van der Waals surface area contributed by atoms with Gasteiger partial charge >= 0.3 is 0 Å². The maximum atomic E-state index is 12.6. The molecule has 2 heterocycles. The number of aromatic nitrogens is 1. The summed E-state index contributed by atoms with van der Waals surface area (Å²) in [4.78, 5) is 20.3. The molecule has 6 heteroatoms.